The van der Waals surface area contributed by atoms with E-state index in [1.54, 1.807) is 0 Å². The van der Waals surface area contributed by atoms with E-state index in [4.69, 9.17) is 14.2 Å². The zero-order chi connectivity index (χ0) is 14.9. The Balaban J connectivity index is 2.18. The van der Waals surface area contributed by atoms with Crippen molar-refractivity contribution in [3.8, 4) is 5.75 Å². The minimum Gasteiger partial charge on any atom is -0.450 e. The summed E-state index contributed by atoms with van der Waals surface area (Å²) in [4.78, 5) is 12.9. The largest absolute Gasteiger partial charge is 0.450 e. The number of methoxy groups -OCH3 is 2. The molecule has 2 aromatic rings. The van der Waals surface area contributed by atoms with Crippen molar-refractivity contribution in [2.75, 3.05) is 14.2 Å². The van der Waals surface area contributed by atoms with E-state index >= 15 is 0 Å². The van der Waals surface area contributed by atoms with Crippen molar-refractivity contribution in [3.05, 3.63) is 65.7 Å². The summed E-state index contributed by atoms with van der Waals surface area (Å²) in [7, 11) is 2.97. The van der Waals surface area contributed by atoms with Crippen LogP contribution in [0.4, 0.5) is 0 Å². The van der Waals surface area contributed by atoms with E-state index in [-0.39, 0.29) is 5.78 Å². The Hall–Kier alpha value is -2.17. The number of benzene rings is 2. The van der Waals surface area contributed by atoms with Gasteiger partial charge >= 0.3 is 5.79 Å². The monoisotopic (exact) mass is 284 g/mol. The second-order valence-corrected chi connectivity index (χ2v) is 4.81. The Labute approximate surface area is 123 Å². The molecule has 0 bridgehead atoms. The standard InChI is InChI=1S/C17H16O4/c1-19-15-13-10-6-7-11-14(13)21-17(20-2,16(15)18)12-8-4-3-5-9-12/h3-11,15H,1-2H3. The third kappa shape index (κ3) is 2.04. The maximum atomic E-state index is 12.9. The Kier molecular flexibility index (Phi) is 3.49. The number of hydrogen-bond acceptors (Lipinski definition) is 4. The summed E-state index contributed by atoms with van der Waals surface area (Å²) in [6, 6.07) is 16.5. The Morgan fingerprint density at radius 2 is 1.67 bits per heavy atom. The van der Waals surface area contributed by atoms with Crippen LogP contribution in [0.2, 0.25) is 0 Å². The lowest BCUT2D eigenvalue weighted by atomic mass is 9.90. The van der Waals surface area contributed by atoms with E-state index in [2.05, 4.69) is 0 Å². The fourth-order valence-corrected chi connectivity index (χ4v) is 2.66. The molecule has 2 atom stereocenters. The molecule has 0 saturated heterocycles. The molecule has 0 spiro atoms. The average molecular weight is 284 g/mol. The van der Waals surface area contributed by atoms with E-state index in [1.807, 2.05) is 54.6 Å². The summed E-state index contributed by atoms with van der Waals surface area (Å²) in [6.45, 7) is 0. The molecule has 4 heteroatoms. The number of carbonyl (C=O) groups excluding carboxylic acids is 1. The third-order valence-corrected chi connectivity index (χ3v) is 3.69. The van der Waals surface area contributed by atoms with Crippen LogP contribution in [0.25, 0.3) is 0 Å². The molecule has 0 amide bonds. The number of ketones is 1. The van der Waals surface area contributed by atoms with Gasteiger partial charge in [0.05, 0.1) is 0 Å². The van der Waals surface area contributed by atoms with Gasteiger partial charge in [-0.2, -0.15) is 0 Å². The van der Waals surface area contributed by atoms with Crippen molar-refractivity contribution in [1.29, 1.82) is 0 Å². The SMILES string of the molecule is COC1C(=O)C(OC)(c2ccccc2)Oc2ccccc21. The molecule has 108 valence electrons. The lowest BCUT2D eigenvalue weighted by Crippen LogP contribution is -2.49. The first-order valence-corrected chi connectivity index (χ1v) is 6.68. The van der Waals surface area contributed by atoms with Gasteiger partial charge in [-0.25, -0.2) is 0 Å². The fraction of sp³-hybridized carbons (Fsp3) is 0.235. The quantitative estimate of drug-likeness (QED) is 0.869. The summed E-state index contributed by atoms with van der Waals surface area (Å²) < 4.78 is 16.9. The fourth-order valence-electron chi connectivity index (χ4n) is 2.66. The number of para-hydroxylation sites is 1. The van der Waals surface area contributed by atoms with Crippen LogP contribution in [-0.4, -0.2) is 20.0 Å². The molecule has 0 aromatic heterocycles. The number of Topliss-reactive ketones (excluding diaryl/α,β-unsaturated/α-hetero) is 1. The minimum absolute atomic E-state index is 0.266. The second kappa shape index (κ2) is 5.31. The molecule has 0 fully saturated rings. The van der Waals surface area contributed by atoms with Crippen LogP contribution in [-0.2, 0) is 20.1 Å². The Morgan fingerprint density at radius 1 is 1.00 bits per heavy atom. The van der Waals surface area contributed by atoms with Crippen LogP contribution < -0.4 is 4.74 Å². The van der Waals surface area contributed by atoms with Gasteiger partial charge in [-0.15, -0.1) is 0 Å². The predicted molar refractivity (Wildman–Crippen MR) is 77.0 cm³/mol. The highest BCUT2D eigenvalue weighted by Gasteiger charge is 2.51. The second-order valence-electron chi connectivity index (χ2n) is 4.81. The van der Waals surface area contributed by atoms with Crippen LogP contribution in [0.1, 0.15) is 17.2 Å². The first-order valence-electron chi connectivity index (χ1n) is 6.68. The number of ether oxygens (including phenoxy) is 3. The molecule has 21 heavy (non-hydrogen) atoms. The van der Waals surface area contributed by atoms with Crippen molar-refractivity contribution < 1.29 is 19.0 Å². The summed E-state index contributed by atoms with van der Waals surface area (Å²) in [5, 5.41) is 0. The summed E-state index contributed by atoms with van der Waals surface area (Å²) >= 11 is 0. The molecular weight excluding hydrogens is 268 g/mol. The smallest absolute Gasteiger partial charge is 0.300 e. The predicted octanol–water partition coefficient (Wildman–Crippen LogP) is 2.84. The Bertz CT molecular complexity index is 653. The van der Waals surface area contributed by atoms with Crippen molar-refractivity contribution in [1.82, 2.24) is 0 Å². The van der Waals surface area contributed by atoms with Crippen molar-refractivity contribution in [2.45, 2.75) is 11.9 Å². The van der Waals surface area contributed by atoms with Crippen LogP contribution in [0.5, 0.6) is 5.75 Å². The highest BCUT2D eigenvalue weighted by atomic mass is 16.7. The molecule has 1 aliphatic heterocycles. The van der Waals surface area contributed by atoms with Gasteiger partial charge in [-0.3, -0.25) is 4.79 Å². The summed E-state index contributed by atoms with van der Waals surface area (Å²) in [5.41, 5.74) is 1.36. The number of hydrogen-bond donors (Lipinski definition) is 0. The van der Waals surface area contributed by atoms with Gasteiger partial charge in [-0.05, 0) is 6.07 Å². The van der Waals surface area contributed by atoms with Crippen molar-refractivity contribution in [2.24, 2.45) is 0 Å². The van der Waals surface area contributed by atoms with Gasteiger partial charge in [0.15, 0.2) is 6.10 Å². The zero-order valence-corrected chi connectivity index (χ0v) is 11.9. The third-order valence-electron chi connectivity index (χ3n) is 3.69. The lowest BCUT2D eigenvalue weighted by Gasteiger charge is -2.38. The van der Waals surface area contributed by atoms with Gasteiger partial charge in [0.2, 0.25) is 5.78 Å². The molecule has 2 unspecified atom stereocenters. The molecule has 0 saturated carbocycles. The molecule has 1 aliphatic rings. The topological polar surface area (TPSA) is 44.8 Å². The van der Waals surface area contributed by atoms with Crippen LogP contribution >= 0.6 is 0 Å². The first-order chi connectivity index (χ1) is 10.2. The lowest BCUT2D eigenvalue weighted by molar-refractivity contribution is -0.203. The van der Waals surface area contributed by atoms with E-state index in [0.717, 1.165) is 0 Å². The van der Waals surface area contributed by atoms with Crippen LogP contribution in [0.15, 0.2) is 54.6 Å². The molecule has 3 rings (SSSR count). The summed E-state index contributed by atoms with van der Waals surface area (Å²) in [6.07, 6.45) is -0.713. The van der Waals surface area contributed by atoms with E-state index in [0.29, 0.717) is 16.9 Å². The van der Waals surface area contributed by atoms with Crippen LogP contribution in [0, 0.1) is 0 Å². The molecule has 4 nitrogen and oxygen atoms in total. The van der Waals surface area contributed by atoms with Gasteiger partial charge in [0.25, 0.3) is 0 Å². The zero-order valence-electron chi connectivity index (χ0n) is 11.9. The number of rotatable bonds is 3. The normalized spacial score (nSPS) is 24.3. The maximum absolute atomic E-state index is 12.9. The minimum atomic E-state index is -1.48. The summed E-state index contributed by atoms with van der Waals surface area (Å²) in [5.74, 6) is -1.15. The maximum Gasteiger partial charge on any atom is 0.300 e. The van der Waals surface area contributed by atoms with Gasteiger partial charge in [0, 0.05) is 25.3 Å². The molecule has 1 heterocycles. The van der Waals surface area contributed by atoms with E-state index in [1.165, 1.54) is 14.2 Å². The van der Waals surface area contributed by atoms with E-state index < -0.39 is 11.9 Å². The van der Waals surface area contributed by atoms with Gasteiger partial charge in [-0.1, -0.05) is 48.5 Å². The first kappa shape index (κ1) is 13.8. The van der Waals surface area contributed by atoms with Crippen molar-refractivity contribution >= 4 is 5.78 Å². The number of carbonyl (C=O) groups is 1. The van der Waals surface area contributed by atoms with Crippen molar-refractivity contribution in [3.63, 3.8) is 0 Å². The molecule has 0 aliphatic carbocycles. The van der Waals surface area contributed by atoms with E-state index in [9.17, 15) is 4.79 Å². The van der Waals surface area contributed by atoms with Gasteiger partial charge in [0.1, 0.15) is 5.75 Å². The average Bonchev–Trinajstić information content (AvgIpc) is 2.55. The number of fused-ring (bicyclic) bond motifs is 1. The van der Waals surface area contributed by atoms with Crippen LogP contribution in [0.3, 0.4) is 0 Å². The molecule has 0 radical (unpaired) electrons. The Morgan fingerprint density at radius 3 is 2.33 bits per heavy atom. The highest BCUT2D eigenvalue weighted by molar-refractivity contribution is 5.94. The molecule has 0 N–H and O–H groups in total. The van der Waals surface area contributed by atoms with Gasteiger partial charge < -0.3 is 14.2 Å². The molecule has 2 aromatic carbocycles. The highest BCUT2D eigenvalue weighted by Crippen LogP contribution is 2.43. The molecular formula is C17H16O4.